The van der Waals surface area contributed by atoms with Crippen LogP contribution in [0.3, 0.4) is 0 Å². The highest BCUT2D eigenvalue weighted by Crippen LogP contribution is 2.33. The zero-order valence-electron chi connectivity index (χ0n) is 10.5. The predicted octanol–water partition coefficient (Wildman–Crippen LogP) is 1.60. The van der Waals surface area contributed by atoms with E-state index in [1.807, 2.05) is 0 Å². The van der Waals surface area contributed by atoms with Crippen LogP contribution in [0.1, 0.15) is 19.8 Å². The van der Waals surface area contributed by atoms with Gasteiger partial charge in [0.2, 0.25) is 0 Å². The Labute approximate surface area is 108 Å². The molecule has 0 unspecified atom stereocenters. The molecule has 1 saturated carbocycles. The van der Waals surface area contributed by atoms with E-state index >= 15 is 0 Å². The summed E-state index contributed by atoms with van der Waals surface area (Å²) in [6.45, 7) is 2.31. The van der Waals surface area contributed by atoms with E-state index < -0.39 is 9.84 Å². The topological polar surface area (TPSA) is 69.4 Å². The van der Waals surface area contributed by atoms with Crippen LogP contribution in [-0.4, -0.2) is 26.8 Å². The molecule has 18 heavy (non-hydrogen) atoms. The summed E-state index contributed by atoms with van der Waals surface area (Å²) in [5, 5.41) is 0. The Morgan fingerprint density at radius 3 is 2.61 bits per heavy atom. The summed E-state index contributed by atoms with van der Waals surface area (Å²) in [6.07, 6.45) is 1.93. The van der Waals surface area contributed by atoms with Gasteiger partial charge in [-0.1, -0.05) is 19.1 Å². The molecule has 1 aromatic carbocycles. The van der Waals surface area contributed by atoms with E-state index in [4.69, 9.17) is 10.5 Å². The maximum atomic E-state index is 11.9. The van der Waals surface area contributed by atoms with E-state index in [1.165, 1.54) is 0 Å². The van der Waals surface area contributed by atoms with Gasteiger partial charge in [-0.3, -0.25) is 0 Å². The van der Waals surface area contributed by atoms with E-state index in [9.17, 15) is 8.42 Å². The molecule has 0 spiro atoms. The van der Waals surface area contributed by atoms with Crippen molar-refractivity contribution in [2.24, 2.45) is 11.7 Å². The van der Waals surface area contributed by atoms with Crippen molar-refractivity contribution in [1.82, 2.24) is 0 Å². The van der Waals surface area contributed by atoms with Gasteiger partial charge in [-0.15, -0.1) is 0 Å². The third-order valence-electron chi connectivity index (χ3n) is 3.38. The first kappa shape index (κ1) is 13.4. The van der Waals surface area contributed by atoms with Crippen LogP contribution < -0.4 is 10.5 Å². The maximum absolute atomic E-state index is 11.9. The molecule has 0 bridgehead atoms. The lowest BCUT2D eigenvalue weighted by molar-refractivity contribution is 0.0664. The lowest BCUT2D eigenvalue weighted by atomic mass is 9.82. The minimum absolute atomic E-state index is 0.0868. The minimum Gasteiger partial charge on any atom is -0.489 e. The van der Waals surface area contributed by atoms with Crippen LogP contribution in [0.25, 0.3) is 0 Å². The van der Waals surface area contributed by atoms with Crippen LogP contribution >= 0.6 is 0 Å². The van der Waals surface area contributed by atoms with Crippen molar-refractivity contribution in [3.8, 4) is 5.75 Å². The summed E-state index contributed by atoms with van der Waals surface area (Å²) in [5.74, 6) is 1.08. The Balaban J connectivity index is 2.14. The lowest BCUT2D eigenvalue weighted by Gasteiger charge is -2.34. The normalized spacial score (nSPS) is 23.4. The smallest absolute Gasteiger partial charge is 0.181 e. The molecular formula is C13H19NO3S. The molecule has 0 aliphatic heterocycles. The van der Waals surface area contributed by atoms with Crippen LogP contribution in [0.2, 0.25) is 0 Å². The fraction of sp³-hybridized carbons (Fsp3) is 0.538. The summed E-state index contributed by atoms with van der Waals surface area (Å²) in [4.78, 5) is 0.295. The molecule has 1 aliphatic carbocycles. The van der Waals surface area contributed by atoms with Crippen LogP contribution in [0.5, 0.6) is 5.75 Å². The number of para-hydroxylation sites is 1. The van der Waals surface area contributed by atoms with Gasteiger partial charge < -0.3 is 10.5 Å². The molecule has 2 rings (SSSR count). The third kappa shape index (κ3) is 2.67. The molecule has 100 valence electrons. The highest BCUT2D eigenvalue weighted by atomic mass is 32.2. The molecule has 0 atom stereocenters. The lowest BCUT2D eigenvalue weighted by Crippen LogP contribution is -2.38. The maximum Gasteiger partial charge on any atom is 0.181 e. The first-order valence-electron chi connectivity index (χ1n) is 6.25. The number of hydrogen-bond donors (Lipinski definition) is 1. The Hall–Kier alpha value is -1.07. The quantitative estimate of drug-likeness (QED) is 0.881. The molecular weight excluding hydrogens is 250 g/mol. The molecule has 0 amide bonds. The third-order valence-corrected chi connectivity index (χ3v) is 5.15. The first-order valence-corrected chi connectivity index (χ1v) is 7.90. The van der Waals surface area contributed by atoms with Gasteiger partial charge in [0.05, 0.1) is 11.9 Å². The average molecular weight is 269 g/mol. The molecule has 4 nitrogen and oxygen atoms in total. The fourth-order valence-electron chi connectivity index (χ4n) is 2.10. The highest BCUT2D eigenvalue weighted by molar-refractivity contribution is 7.91. The second-order valence-electron chi connectivity index (χ2n) is 4.66. The molecule has 0 heterocycles. The molecule has 1 aromatic rings. The molecule has 1 aliphatic rings. The Bertz CT molecular complexity index is 507. The summed E-state index contributed by atoms with van der Waals surface area (Å²) in [5.41, 5.74) is 5.56. The van der Waals surface area contributed by atoms with Crippen molar-refractivity contribution in [1.29, 1.82) is 0 Å². The summed E-state index contributed by atoms with van der Waals surface area (Å²) in [6, 6.07) is 6.84. The SMILES string of the molecule is CCS(=O)(=O)c1ccccc1OC1CC(CN)C1. The Morgan fingerprint density at radius 2 is 2.00 bits per heavy atom. The first-order chi connectivity index (χ1) is 8.56. The summed E-state index contributed by atoms with van der Waals surface area (Å²) < 4.78 is 29.6. The Kier molecular flexibility index (Phi) is 3.92. The number of hydrogen-bond acceptors (Lipinski definition) is 4. The van der Waals surface area contributed by atoms with Crippen LogP contribution in [0, 0.1) is 5.92 Å². The van der Waals surface area contributed by atoms with Crippen LogP contribution in [0.4, 0.5) is 0 Å². The average Bonchev–Trinajstić information content (AvgIpc) is 2.33. The molecule has 0 radical (unpaired) electrons. The standard InChI is InChI=1S/C13H19NO3S/c1-2-18(15,16)13-6-4-3-5-12(13)17-11-7-10(8-11)9-14/h3-6,10-11H,2,7-9,14H2,1H3. The fourth-order valence-corrected chi connectivity index (χ4v) is 3.12. The van der Waals surface area contributed by atoms with Crippen molar-refractivity contribution >= 4 is 9.84 Å². The predicted molar refractivity (Wildman–Crippen MR) is 70.4 cm³/mol. The van der Waals surface area contributed by atoms with Gasteiger partial charge in [0.1, 0.15) is 10.6 Å². The highest BCUT2D eigenvalue weighted by Gasteiger charge is 2.31. The van der Waals surface area contributed by atoms with E-state index in [-0.39, 0.29) is 11.9 Å². The van der Waals surface area contributed by atoms with E-state index in [0.29, 0.717) is 23.1 Å². The van der Waals surface area contributed by atoms with Gasteiger partial charge in [0.15, 0.2) is 9.84 Å². The second kappa shape index (κ2) is 5.28. The van der Waals surface area contributed by atoms with Gasteiger partial charge in [-0.25, -0.2) is 8.42 Å². The molecule has 0 saturated heterocycles. The van der Waals surface area contributed by atoms with E-state index in [2.05, 4.69) is 0 Å². The van der Waals surface area contributed by atoms with Gasteiger partial charge in [0.25, 0.3) is 0 Å². The molecule has 5 heteroatoms. The minimum atomic E-state index is -3.23. The number of sulfone groups is 1. The molecule has 2 N–H and O–H groups in total. The van der Waals surface area contributed by atoms with Crippen molar-refractivity contribution < 1.29 is 13.2 Å². The van der Waals surface area contributed by atoms with Gasteiger partial charge in [-0.2, -0.15) is 0 Å². The van der Waals surface area contributed by atoms with Crippen molar-refractivity contribution in [2.75, 3.05) is 12.3 Å². The number of rotatable bonds is 5. The number of benzene rings is 1. The van der Waals surface area contributed by atoms with Crippen molar-refractivity contribution in [3.05, 3.63) is 24.3 Å². The second-order valence-corrected chi connectivity index (χ2v) is 6.91. The number of ether oxygens (including phenoxy) is 1. The summed E-state index contributed by atoms with van der Waals surface area (Å²) in [7, 11) is -3.23. The van der Waals surface area contributed by atoms with Crippen molar-refractivity contribution in [3.63, 3.8) is 0 Å². The zero-order chi connectivity index (χ0) is 13.2. The number of nitrogens with two attached hydrogens (primary N) is 1. The monoisotopic (exact) mass is 269 g/mol. The molecule has 0 aromatic heterocycles. The zero-order valence-corrected chi connectivity index (χ0v) is 11.3. The van der Waals surface area contributed by atoms with E-state index in [1.54, 1.807) is 31.2 Å². The molecule has 1 fully saturated rings. The Morgan fingerprint density at radius 1 is 1.33 bits per heavy atom. The largest absolute Gasteiger partial charge is 0.489 e. The van der Waals surface area contributed by atoms with Crippen LogP contribution in [0.15, 0.2) is 29.2 Å². The van der Waals surface area contributed by atoms with Crippen molar-refractivity contribution in [2.45, 2.75) is 30.8 Å². The van der Waals surface area contributed by atoms with Gasteiger partial charge in [-0.05, 0) is 37.4 Å². The van der Waals surface area contributed by atoms with Gasteiger partial charge in [0, 0.05) is 0 Å². The van der Waals surface area contributed by atoms with Gasteiger partial charge >= 0.3 is 0 Å². The van der Waals surface area contributed by atoms with E-state index in [0.717, 1.165) is 12.8 Å². The van der Waals surface area contributed by atoms with Crippen LogP contribution in [-0.2, 0) is 9.84 Å². The summed E-state index contributed by atoms with van der Waals surface area (Å²) >= 11 is 0.